The first-order valence-corrected chi connectivity index (χ1v) is 6.26. The molecule has 1 aromatic carbocycles. The molecule has 102 valence electrons. The smallest absolute Gasteiger partial charge is 0.410 e. The van der Waals surface area contributed by atoms with Crippen molar-refractivity contribution in [3.63, 3.8) is 0 Å². The van der Waals surface area contributed by atoms with Crippen LogP contribution in [0, 0.1) is 11.8 Å². The summed E-state index contributed by atoms with van der Waals surface area (Å²) in [6, 6.07) is 9.40. The minimum atomic E-state index is -0.856. The van der Waals surface area contributed by atoms with Gasteiger partial charge in [0, 0.05) is 13.1 Å². The molecule has 2 rings (SSSR count). The van der Waals surface area contributed by atoms with Gasteiger partial charge >= 0.3 is 12.1 Å². The minimum Gasteiger partial charge on any atom is -0.481 e. The molecule has 0 aromatic heterocycles. The monoisotopic (exact) mass is 263 g/mol. The Morgan fingerprint density at radius 3 is 2.58 bits per heavy atom. The van der Waals surface area contributed by atoms with Crippen LogP contribution in [0.4, 0.5) is 4.79 Å². The van der Waals surface area contributed by atoms with Gasteiger partial charge in [-0.05, 0) is 11.5 Å². The quantitative estimate of drug-likeness (QED) is 0.905. The molecule has 0 spiro atoms. The van der Waals surface area contributed by atoms with Crippen molar-refractivity contribution in [2.24, 2.45) is 11.8 Å². The van der Waals surface area contributed by atoms with Gasteiger partial charge in [-0.25, -0.2) is 4.79 Å². The Hall–Kier alpha value is -2.04. The molecule has 5 nitrogen and oxygen atoms in total. The number of benzene rings is 1. The predicted octanol–water partition coefficient (Wildman–Crippen LogP) is 1.98. The fourth-order valence-electron chi connectivity index (χ4n) is 2.25. The van der Waals surface area contributed by atoms with Crippen molar-refractivity contribution in [3.05, 3.63) is 35.9 Å². The second-order valence-electron chi connectivity index (χ2n) is 4.87. The van der Waals surface area contributed by atoms with Crippen molar-refractivity contribution in [2.75, 3.05) is 13.1 Å². The van der Waals surface area contributed by atoms with Gasteiger partial charge in [0.25, 0.3) is 0 Å². The lowest BCUT2D eigenvalue weighted by molar-refractivity contribution is -0.142. The summed E-state index contributed by atoms with van der Waals surface area (Å²) in [4.78, 5) is 24.3. The summed E-state index contributed by atoms with van der Waals surface area (Å²) >= 11 is 0. The molecule has 19 heavy (non-hydrogen) atoms. The van der Waals surface area contributed by atoms with E-state index >= 15 is 0 Å². The van der Waals surface area contributed by atoms with Crippen molar-refractivity contribution in [1.29, 1.82) is 0 Å². The molecule has 1 saturated heterocycles. The van der Waals surface area contributed by atoms with Gasteiger partial charge in [-0.3, -0.25) is 4.79 Å². The van der Waals surface area contributed by atoms with E-state index < -0.39 is 18.0 Å². The molecular formula is C14H17NO4. The number of amides is 1. The second-order valence-corrected chi connectivity index (χ2v) is 4.87. The zero-order valence-corrected chi connectivity index (χ0v) is 10.8. The van der Waals surface area contributed by atoms with Crippen molar-refractivity contribution in [1.82, 2.24) is 4.90 Å². The highest BCUT2D eigenvalue weighted by Crippen LogP contribution is 2.23. The number of nitrogens with zero attached hydrogens (tertiary/aromatic N) is 1. The number of hydrogen-bond acceptors (Lipinski definition) is 3. The van der Waals surface area contributed by atoms with E-state index in [1.54, 1.807) is 0 Å². The Balaban J connectivity index is 1.86. The lowest BCUT2D eigenvalue weighted by atomic mass is 9.99. The first-order chi connectivity index (χ1) is 9.08. The normalized spacial score (nSPS) is 22.3. The summed E-state index contributed by atoms with van der Waals surface area (Å²) in [6.07, 6.45) is -0.445. The summed E-state index contributed by atoms with van der Waals surface area (Å²) in [5.74, 6) is -1.39. The topological polar surface area (TPSA) is 66.8 Å². The van der Waals surface area contributed by atoms with Crippen LogP contribution < -0.4 is 0 Å². The number of likely N-dealkylation sites (tertiary alicyclic amines) is 1. The number of aliphatic carboxylic acids is 1. The fourth-order valence-corrected chi connectivity index (χ4v) is 2.25. The van der Waals surface area contributed by atoms with Gasteiger partial charge in [-0.2, -0.15) is 0 Å². The third-order valence-corrected chi connectivity index (χ3v) is 3.39. The van der Waals surface area contributed by atoms with Gasteiger partial charge in [0.15, 0.2) is 0 Å². The molecule has 1 heterocycles. The second kappa shape index (κ2) is 5.73. The van der Waals surface area contributed by atoms with Crippen LogP contribution in [0.15, 0.2) is 30.3 Å². The number of carboxylic acid groups (broad SMARTS) is 1. The molecule has 0 aliphatic carbocycles. The van der Waals surface area contributed by atoms with E-state index in [1.165, 1.54) is 4.90 Å². The zero-order valence-electron chi connectivity index (χ0n) is 10.8. The van der Waals surface area contributed by atoms with Crippen LogP contribution in [0.1, 0.15) is 12.5 Å². The first-order valence-electron chi connectivity index (χ1n) is 6.26. The van der Waals surface area contributed by atoms with Crippen molar-refractivity contribution in [2.45, 2.75) is 13.5 Å². The van der Waals surface area contributed by atoms with Gasteiger partial charge in [-0.15, -0.1) is 0 Å². The molecule has 1 N–H and O–H groups in total. The third-order valence-electron chi connectivity index (χ3n) is 3.39. The first kappa shape index (κ1) is 13.4. The number of carbonyl (C=O) groups is 2. The van der Waals surface area contributed by atoms with Gasteiger partial charge in [0.05, 0.1) is 5.92 Å². The molecule has 0 unspecified atom stereocenters. The van der Waals surface area contributed by atoms with Crippen LogP contribution in [0.25, 0.3) is 0 Å². The highest BCUT2D eigenvalue weighted by molar-refractivity contribution is 5.74. The third kappa shape index (κ3) is 3.24. The summed E-state index contributed by atoms with van der Waals surface area (Å²) in [7, 11) is 0. The molecule has 1 aromatic rings. The minimum absolute atomic E-state index is 0.0400. The Labute approximate surface area is 111 Å². The van der Waals surface area contributed by atoms with E-state index in [9.17, 15) is 9.59 Å². The molecule has 2 atom stereocenters. The summed E-state index contributed by atoms with van der Waals surface area (Å²) < 4.78 is 5.18. The number of rotatable bonds is 3. The van der Waals surface area contributed by atoms with Gasteiger partial charge in [-0.1, -0.05) is 37.3 Å². The maximum atomic E-state index is 11.8. The van der Waals surface area contributed by atoms with Gasteiger partial charge in [0.2, 0.25) is 0 Å². The van der Waals surface area contributed by atoms with Crippen molar-refractivity contribution < 1.29 is 19.4 Å². The number of carboxylic acids is 1. The van der Waals surface area contributed by atoms with Crippen LogP contribution in [-0.2, 0) is 16.1 Å². The Morgan fingerprint density at radius 1 is 1.32 bits per heavy atom. The maximum absolute atomic E-state index is 11.8. The number of carbonyl (C=O) groups excluding carboxylic acids is 1. The molecule has 1 aliphatic rings. The van der Waals surface area contributed by atoms with Gasteiger partial charge in [0.1, 0.15) is 6.61 Å². The van der Waals surface area contributed by atoms with Crippen LogP contribution >= 0.6 is 0 Å². The standard InChI is InChI=1S/C14H17NO4/c1-10-7-15(8-12(10)13(16)17)14(18)19-9-11-5-3-2-4-6-11/h2-6,10,12H,7-9H2,1H3,(H,16,17)/t10-,12-/m1/s1. The molecule has 0 radical (unpaired) electrons. The highest BCUT2D eigenvalue weighted by Gasteiger charge is 2.37. The Kier molecular flexibility index (Phi) is 4.04. The molecule has 0 saturated carbocycles. The lowest BCUT2D eigenvalue weighted by Crippen LogP contribution is -2.30. The van der Waals surface area contributed by atoms with E-state index in [2.05, 4.69) is 0 Å². The molecule has 5 heteroatoms. The molecule has 0 bridgehead atoms. The summed E-state index contributed by atoms with van der Waals surface area (Å²) in [5.41, 5.74) is 0.915. The fraction of sp³-hybridized carbons (Fsp3) is 0.429. The SMILES string of the molecule is C[C@@H]1CN(C(=O)OCc2ccccc2)C[C@H]1C(=O)O. The lowest BCUT2D eigenvalue weighted by Gasteiger charge is -2.15. The molecule has 1 aliphatic heterocycles. The summed E-state index contributed by atoms with van der Waals surface area (Å²) in [5, 5.41) is 9.01. The van der Waals surface area contributed by atoms with Crippen LogP contribution in [0.5, 0.6) is 0 Å². The van der Waals surface area contributed by atoms with Crippen LogP contribution in [0.3, 0.4) is 0 Å². The number of hydrogen-bond donors (Lipinski definition) is 1. The average Bonchev–Trinajstić information content (AvgIpc) is 2.79. The predicted molar refractivity (Wildman–Crippen MR) is 68.5 cm³/mol. The Bertz CT molecular complexity index is 460. The molecule has 1 fully saturated rings. The maximum Gasteiger partial charge on any atom is 0.410 e. The van der Waals surface area contributed by atoms with E-state index in [1.807, 2.05) is 37.3 Å². The van der Waals surface area contributed by atoms with E-state index in [0.29, 0.717) is 6.54 Å². The summed E-state index contributed by atoms with van der Waals surface area (Å²) in [6.45, 7) is 2.71. The van der Waals surface area contributed by atoms with E-state index in [-0.39, 0.29) is 19.1 Å². The zero-order chi connectivity index (χ0) is 13.8. The average molecular weight is 263 g/mol. The largest absolute Gasteiger partial charge is 0.481 e. The van der Waals surface area contributed by atoms with Crippen LogP contribution in [0.2, 0.25) is 0 Å². The number of ether oxygens (including phenoxy) is 1. The Morgan fingerprint density at radius 2 is 2.00 bits per heavy atom. The van der Waals surface area contributed by atoms with E-state index in [4.69, 9.17) is 9.84 Å². The van der Waals surface area contributed by atoms with E-state index in [0.717, 1.165) is 5.56 Å². The van der Waals surface area contributed by atoms with Crippen molar-refractivity contribution in [3.8, 4) is 0 Å². The highest BCUT2D eigenvalue weighted by atomic mass is 16.6. The molecular weight excluding hydrogens is 246 g/mol. The van der Waals surface area contributed by atoms with Crippen LogP contribution in [-0.4, -0.2) is 35.2 Å². The van der Waals surface area contributed by atoms with Crippen molar-refractivity contribution >= 4 is 12.1 Å². The van der Waals surface area contributed by atoms with Gasteiger partial charge < -0.3 is 14.7 Å². The molecule has 1 amide bonds.